The molecule has 0 unspecified atom stereocenters. The van der Waals surface area contributed by atoms with Gasteiger partial charge in [-0.25, -0.2) is 0 Å². The molecule has 3 aromatic rings. The first kappa shape index (κ1) is 14.8. The van der Waals surface area contributed by atoms with Gasteiger partial charge in [0.05, 0.1) is 16.4 Å². The second kappa shape index (κ2) is 6.34. The number of benzene rings is 2. The zero-order valence-electron chi connectivity index (χ0n) is 11.3. The zero-order chi connectivity index (χ0) is 15.5. The average molecular weight is 377 g/mol. The van der Waals surface area contributed by atoms with E-state index in [2.05, 4.69) is 31.4 Å². The molecule has 0 aliphatic heterocycles. The van der Waals surface area contributed by atoms with Gasteiger partial charge < -0.3 is 5.32 Å². The van der Waals surface area contributed by atoms with Gasteiger partial charge in [-0.15, -0.1) is 0 Å². The van der Waals surface area contributed by atoms with Gasteiger partial charge in [-0.3, -0.25) is 9.89 Å². The van der Waals surface area contributed by atoms with Crippen LogP contribution in [0.5, 0.6) is 0 Å². The van der Waals surface area contributed by atoms with Crippen molar-refractivity contribution < 1.29 is 4.79 Å². The first-order chi connectivity index (χ1) is 10.6. The number of carbonyl (C=O) groups is 1. The summed E-state index contributed by atoms with van der Waals surface area (Å²) in [5.74, 6) is -0.288. The Hall–Kier alpha value is -2.11. The molecule has 1 aromatic heterocycles. The molecule has 2 aromatic carbocycles. The molecule has 0 radical (unpaired) electrons. The molecule has 2 N–H and O–H groups in total. The summed E-state index contributed by atoms with van der Waals surface area (Å²) in [4.78, 5) is 12.2. The van der Waals surface area contributed by atoms with Crippen molar-refractivity contribution in [2.75, 3.05) is 5.32 Å². The maximum absolute atomic E-state index is 12.2. The van der Waals surface area contributed by atoms with Gasteiger partial charge in [0.1, 0.15) is 5.69 Å². The number of aromatic amines is 1. The third-order valence-electron chi connectivity index (χ3n) is 3.08. The highest BCUT2D eigenvalue weighted by atomic mass is 79.9. The van der Waals surface area contributed by atoms with Gasteiger partial charge in [0, 0.05) is 10.0 Å². The van der Waals surface area contributed by atoms with E-state index in [9.17, 15) is 4.79 Å². The third-order valence-corrected chi connectivity index (χ3v) is 3.94. The summed E-state index contributed by atoms with van der Waals surface area (Å²) < 4.78 is 0.989. The smallest absolute Gasteiger partial charge is 0.273 e. The highest BCUT2D eigenvalue weighted by molar-refractivity contribution is 9.10. The topological polar surface area (TPSA) is 57.8 Å². The molecule has 0 saturated heterocycles. The first-order valence-corrected chi connectivity index (χ1v) is 7.68. The van der Waals surface area contributed by atoms with Crippen LogP contribution < -0.4 is 5.32 Å². The standard InChI is InChI=1S/C16H11BrClN3O/c17-11-7-5-10(6-8-11)14-9-15(21-20-14)16(22)19-13-4-2-1-3-12(13)18/h1-9H,(H,19,22)(H,20,21). The Morgan fingerprint density at radius 1 is 1.14 bits per heavy atom. The highest BCUT2D eigenvalue weighted by Crippen LogP contribution is 2.23. The molecule has 1 heterocycles. The Morgan fingerprint density at radius 2 is 1.86 bits per heavy atom. The van der Waals surface area contributed by atoms with Crippen molar-refractivity contribution >= 4 is 39.1 Å². The summed E-state index contributed by atoms with van der Waals surface area (Å²) in [5.41, 5.74) is 2.57. The van der Waals surface area contributed by atoms with E-state index in [0.29, 0.717) is 22.1 Å². The zero-order valence-corrected chi connectivity index (χ0v) is 13.6. The Balaban J connectivity index is 1.80. The van der Waals surface area contributed by atoms with Crippen molar-refractivity contribution in [3.63, 3.8) is 0 Å². The molecule has 0 fully saturated rings. The fourth-order valence-corrected chi connectivity index (χ4v) is 2.41. The third kappa shape index (κ3) is 3.21. The van der Waals surface area contributed by atoms with Crippen LogP contribution in [-0.2, 0) is 0 Å². The number of anilines is 1. The number of nitrogens with one attached hydrogen (secondary N) is 2. The van der Waals surface area contributed by atoms with Crippen LogP contribution in [0.2, 0.25) is 5.02 Å². The predicted octanol–water partition coefficient (Wildman–Crippen LogP) is 4.74. The monoisotopic (exact) mass is 375 g/mol. The van der Waals surface area contributed by atoms with E-state index in [0.717, 1.165) is 10.0 Å². The van der Waals surface area contributed by atoms with Gasteiger partial charge in [-0.05, 0) is 30.3 Å². The number of para-hydroxylation sites is 1. The molecule has 0 aliphatic carbocycles. The number of carbonyl (C=O) groups excluding carboxylic acids is 1. The molecular weight excluding hydrogens is 366 g/mol. The molecular formula is C16H11BrClN3O. The van der Waals surface area contributed by atoms with Crippen molar-refractivity contribution in [3.8, 4) is 11.3 Å². The van der Waals surface area contributed by atoms with Gasteiger partial charge in [0.25, 0.3) is 5.91 Å². The minimum absolute atomic E-state index is 0.288. The molecule has 0 saturated carbocycles. The molecule has 0 bridgehead atoms. The van der Waals surface area contributed by atoms with Crippen LogP contribution in [0.4, 0.5) is 5.69 Å². The number of halogens is 2. The Labute approximate surface area is 140 Å². The molecule has 6 heteroatoms. The predicted molar refractivity (Wildman–Crippen MR) is 91.1 cm³/mol. The lowest BCUT2D eigenvalue weighted by molar-refractivity contribution is 0.102. The van der Waals surface area contributed by atoms with E-state index in [-0.39, 0.29) is 5.91 Å². The summed E-state index contributed by atoms with van der Waals surface area (Å²) in [6.45, 7) is 0. The molecule has 0 spiro atoms. The highest BCUT2D eigenvalue weighted by Gasteiger charge is 2.12. The molecule has 1 amide bonds. The lowest BCUT2D eigenvalue weighted by atomic mass is 10.1. The molecule has 22 heavy (non-hydrogen) atoms. The molecule has 0 atom stereocenters. The van der Waals surface area contributed by atoms with E-state index in [1.165, 1.54) is 0 Å². The van der Waals surface area contributed by atoms with E-state index in [1.807, 2.05) is 30.3 Å². The van der Waals surface area contributed by atoms with Gasteiger partial charge >= 0.3 is 0 Å². The van der Waals surface area contributed by atoms with Crippen molar-refractivity contribution in [1.82, 2.24) is 10.2 Å². The van der Waals surface area contributed by atoms with Crippen LogP contribution in [0.1, 0.15) is 10.5 Å². The molecule has 4 nitrogen and oxygen atoms in total. The number of aromatic nitrogens is 2. The number of rotatable bonds is 3. The van der Waals surface area contributed by atoms with E-state index in [4.69, 9.17) is 11.6 Å². The first-order valence-electron chi connectivity index (χ1n) is 6.51. The number of hydrogen-bond donors (Lipinski definition) is 2. The molecule has 3 rings (SSSR count). The van der Waals surface area contributed by atoms with Gasteiger partial charge in [0.2, 0.25) is 0 Å². The summed E-state index contributed by atoms with van der Waals surface area (Å²) in [5, 5.41) is 10.1. The molecule has 110 valence electrons. The van der Waals surface area contributed by atoms with Crippen molar-refractivity contribution in [2.45, 2.75) is 0 Å². The summed E-state index contributed by atoms with van der Waals surface area (Å²) in [7, 11) is 0. The average Bonchev–Trinajstić information content (AvgIpc) is 3.00. The second-order valence-corrected chi connectivity index (χ2v) is 5.93. The lowest BCUT2D eigenvalue weighted by Gasteiger charge is -2.04. The Kier molecular flexibility index (Phi) is 4.27. The van der Waals surface area contributed by atoms with Crippen molar-refractivity contribution in [1.29, 1.82) is 0 Å². The van der Waals surface area contributed by atoms with E-state index < -0.39 is 0 Å². The second-order valence-electron chi connectivity index (χ2n) is 4.61. The van der Waals surface area contributed by atoms with Gasteiger partial charge in [-0.2, -0.15) is 5.10 Å². The van der Waals surface area contributed by atoms with Crippen LogP contribution in [0.3, 0.4) is 0 Å². The maximum atomic E-state index is 12.2. The minimum Gasteiger partial charge on any atom is -0.319 e. The van der Waals surface area contributed by atoms with Crippen molar-refractivity contribution in [2.24, 2.45) is 0 Å². The maximum Gasteiger partial charge on any atom is 0.273 e. The lowest BCUT2D eigenvalue weighted by Crippen LogP contribution is -2.12. The molecule has 0 aliphatic rings. The quantitative estimate of drug-likeness (QED) is 0.693. The number of amides is 1. The Morgan fingerprint density at radius 3 is 2.59 bits per heavy atom. The largest absolute Gasteiger partial charge is 0.319 e. The van der Waals surface area contributed by atoms with Crippen LogP contribution in [0.25, 0.3) is 11.3 Å². The fraction of sp³-hybridized carbons (Fsp3) is 0. The number of nitrogens with zero attached hydrogens (tertiary/aromatic N) is 1. The normalized spacial score (nSPS) is 10.5. The van der Waals surface area contributed by atoms with Crippen LogP contribution in [0, 0.1) is 0 Å². The number of H-pyrrole nitrogens is 1. The van der Waals surface area contributed by atoms with Crippen LogP contribution >= 0.6 is 27.5 Å². The van der Waals surface area contributed by atoms with Gasteiger partial charge in [-0.1, -0.05) is 51.8 Å². The van der Waals surface area contributed by atoms with Crippen molar-refractivity contribution in [3.05, 3.63) is 69.8 Å². The summed E-state index contributed by atoms with van der Waals surface area (Å²) in [6.07, 6.45) is 0. The van der Waals surface area contributed by atoms with E-state index in [1.54, 1.807) is 24.3 Å². The minimum atomic E-state index is -0.288. The summed E-state index contributed by atoms with van der Waals surface area (Å²) in [6, 6.07) is 16.5. The van der Waals surface area contributed by atoms with Crippen LogP contribution in [-0.4, -0.2) is 16.1 Å². The Bertz CT molecular complexity index is 814. The van der Waals surface area contributed by atoms with Gasteiger partial charge in [0.15, 0.2) is 0 Å². The number of hydrogen-bond acceptors (Lipinski definition) is 2. The SMILES string of the molecule is O=C(Nc1ccccc1Cl)c1cc(-c2ccc(Br)cc2)n[nH]1. The van der Waals surface area contributed by atoms with Crippen LogP contribution in [0.15, 0.2) is 59.1 Å². The van der Waals surface area contributed by atoms with E-state index >= 15 is 0 Å². The summed E-state index contributed by atoms with van der Waals surface area (Å²) >= 11 is 9.41. The fourth-order valence-electron chi connectivity index (χ4n) is 1.96.